The van der Waals surface area contributed by atoms with Crippen molar-refractivity contribution < 1.29 is 0 Å². The lowest BCUT2D eigenvalue weighted by Gasteiger charge is -2.36. The molecule has 0 amide bonds. The molecule has 1 aliphatic rings. The van der Waals surface area contributed by atoms with Gasteiger partial charge in [0.1, 0.15) is 17.4 Å². The number of aryl methyl sites for hydroxylation is 1. The molecular weight excluding hydrogens is 358 g/mol. The van der Waals surface area contributed by atoms with Crippen molar-refractivity contribution in [3.63, 3.8) is 0 Å². The number of rotatable bonds is 2. The Labute approximate surface area is 162 Å². The van der Waals surface area contributed by atoms with Crippen LogP contribution in [0.3, 0.4) is 0 Å². The Kier molecular flexibility index (Phi) is 3.90. The summed E-state index contributed by atoms with van der Waals surface area (Å²) >= 11 is 6.15. The summed E-state index contributed by atoms with van der Waals surface area (Å²) in [5, 5.41) is 1.94. The number of hydrogen-bond donors (Lipinski definition) is 1. The average molecular weight is 378 g/mol. The van der Waals surface area contributed by atoms with Crippen molar-refractivity contribution in [2.24, 2.45) is 0 Å². The minimum Gasteiger partial charge on any atom is -0.368 e. The van der Waals surface area contributed by atoms with Gasteiger partial charge in [0.25, 0.3) is 0 Å². The third kappa shape index (κ3) is 2.88. The molecule has 6 heteroatoms. The Hall–Kier alpha value is -2.79. The summed E-state index contributed by atoms with van der Waals surface area (Å²) in [5.74, 6) is 0.986. The van der Waals surface area contributed by atoms with E-state index in [1.54, 1.807) is 6.33 Å². The Balaban J connectivity index is 1.46. The molecule has 1 saturated heterocycles. The minimum atomic E-state index is 0.779. The monoisotopic (exact) mass is 377 g/mol. The second kappa shape index (κ2) is 6.43. The van der Waals surface area contributed by atoms with Crippen LogP contribution in [-0.2, 0) is 0 Å². The van der Waals surface area contributed by atoms with Gasteiger partial charge in [-0.2, -0.15) is 0 Å². The third-order valence-corrected chi connectivity index (χ3v) is 5.50. The van der Waals surface area contributed by atoms with Gasteiger partial charge in [-0.05, 0) is 37.3 Å². The molecule has 0 aliphatic carbocycles. The van der Waals surface area contributed by atoms with Crippen LogP contribution in [0.25, 0.3) is 21.9 Å². The minimum absolute atomic E-state index is 0.779. The average Bonchev–Trinajstić information content (AvgIpc) is 3.06. The van der Waals surface area contributed by atoms with Crippen LogP contribution in [0, 0.1) is 6.92 Å². The first-order chi connectivity index (χ1) is 13.2. The lowest BCUT2D eigenvalue weighted by atomic mass is 10.1. The molecule has 0 saturated carbocycles. The number of hydrogen-bond acceptors (Lipinski definition) is 4. The van der Waals surface area contributed by atoms with E-state index in [0.717, 1.165) is 59.0 Å². The summed E-state index contributed by atoms with van der Waals surface area (Å²) in [4.78, 5) is 17.4. The molecule has 0 bridgehead atoms. The highest BCUT2D eigenvalue weighted by Crippen LogP contribution is 2.30. The Morgan fingerprint density at radius 3 is 2.59 bits per heavy atom. The molecule has 2 aromatic carbocycles. The molecule has 136 valence electrons. The number of piperazine rings is 1. The van der Waals surface area contributed by atoms with Gasteiger partial charge >= 0.3 is 0 Å². The van der Waals surface area contributed by atoms with E-state index in [1.165, 1.54) is 11.3 Å². The van der Waals surface area contributed by atoms with Crippen molar-refractivity contribution in [2.45, 2.75) is 6.92 Å². The molecule has 1 N–H and O–H groups in total. The molecule has 0 atom stereocenters. The Morgan fingerprint density at radius 2 is 1.78 bits per heavy atom. The van der Waals surface area contributed by atoms with E-state index in [-0.39, 0.29) is 0 Å². The number of anilines is 2. The summed E-state index contributed by atoms with van der Waals surface area (Å²) in [7, 11) is 0. The van der Waals surface area contributed by atoms with Gasteiger partial charge in [0.15, 0.2) is 5.82 Å². The van der Waals surface area contributed by atoms with E-state index in [0.29, 0.717) is 0 Å². The van der Waals surface area contributed by atoms with Gasteiger partial charge in [0.2, 0.25) is 0 Å². The lowest BCUT2D eigenvalue weighted by Crippen LogP contribution is -2.47. The van der Waals surface area contributed by atoms with E-state index < -0.39 is 0 Å². The first-order valence-electron chi connectivity index (χ1n) is 9.17. The summed E-state index contributed by atoms with van der Waals surface area (Å²) in [5.41, 5.74) is 5.54. The van der Waals surface area contributed by atoms with Gasteiger partial charge in [0.05, 0.1) is 0 Å². The summed E-state index contributed by atoms with van der Waals surface area (Å²) in [6.45, 7) is 5.80. The molecular formula is C21H20ClN5. The quantitative estimate of drug-likeness (QED) is 0.562. The van der Waals surface area contributed by atoms with E-state index >= 15 is 0 Å². The van der Waals surface area contributed by atoms with Gasteiger partial charge in [0, 0.05) is 47.8 Å². The highest BCUT2D eigenvalue weighted by atomic mass is 35.5. The van der Waals surface area contributed by atoms with Gasteiger partial charge in [-0.15, -0.1) is 0 Å². The molecule has 0 radical (unpaired) electrons. The predicted molar refractivity (Wildman–Crippen MR) is 112 cm³/mol. The normalized spacial score (nSPS) is 15.0. The van der Waals surface area contributed by atoms with Crippen LogP contribution in [0.15, 0.2) is 48.8 Å². The lowest BCUT2D eigenvalue weighted by molar-refractivity contribution is 0.648. The number of halogens is 1. The van der Waals surface area contributed by atoms with Crippen LogP contribution < -0.4 is 9.80 Å². The first kappa shape index (κ1) is 16.4. The summed E-state index contributed by atoms with van der Waals surface area (Å²) < 4.78 is 0. The number of nitrogens with zero attached hydrogens (tertiary/aromatic N) is 4. The van der Waals surface area contributed by atoms with Crippen molar-refractivity contribution in [1.82, 2.24) is 15.0 Å². The van der Waals surface area contributed by atoms with Crippen molar-refractivity contribution in [3.05, 3.63) is 59.4 Å². The molecule has 0 unspecified atom stereocenters. The number of nitrogens with one attached hydrogen (secondary N) is 1. The van der Waals surface area contributed by atoms with Gasteiger partial charge < -0.3 is 14.8 Å². The van der Waals surface area contributed by atoms with Crippen LogP contribution in [-0.4, -0.2) is 41.1 Å². The van der Waals surface area contributed by atoms with Crippen molar-refractivity contribution in [3.8, 4) is 0 Å². The topological polar surface area (TPSA) is 48.1 Å². The molecule has 0 spiro atoms. The van der Waals surface area contributed by atoms with E-state index in [9.17, 15) is 0 Å². The highest BCUT2D eigenvalue weighted by Gasteiger charge is 2.21. The maximum absolute atomic E-state index is 6.15. The maximum Gasteiger partial charge on any atom is 0.156 e. The van der Waals surface area contributed by atoms with E-state index in [4.69, 9.17) is 11.6 Å². The van der Waals surface area contributed by atoms with Gasteiger partial charge in [-0.25, -0.2) is 9.97 Å². The molecule has 1 aliphatic heterocycles. The molecule has 5 rings (SSSR count). The predicted octanol–water partition coefficient (Wildman–Crippen LogP) is 4.40. The number of H-pyrrole nitrogens is 1. The van der Waals surface area contributed by atoms with Crippen molar-refractivity contribution in [1.29, 1.82) is 0 Å². The van der Waals surface area contributed by atoms with E-state index in [2.05, 4.69) is 55.9 Å². The number of aromatic nitrogens is 3. The molecule has 2 aromatic heterocycles. The smallest absolute Gasteiger partial charge is 0.156 e. The molecule has 27 heavy (non-hydrogen) atoms. The van der Waals surface area contributed by atoms with Crippen LogP contribution in [0.1, 0.15) is 5.56 Å². The number of benzene rings is 2. The van der Waals surface area contributed by atoms with E-state index in [1.807, 2.05) is 18.2 Å². The number of fused-ring (bicyclic) bond motifs is 3. The largest absolute Gasteiger partial charge is 0.368 e. The van der Waals surface area contributed by atoms with Crippen LogP contribution >= 0.6 is 11.6 Å². The zero-order chi connectivity index (χ0) is 18.4. The summed E-state index contributed by atoms with van der Waals surface area (Å²) in [6, 6.07) is 14.5. The second-order valence-corrected chi connectivity index (χ2v) is 7.49. The fourth-order valence-electron chi connectivity index (χ4n) is 3.88. The van der Waals surface area contributed by atoms with Crippen LogP contribution in [0.4, 0.5) is 11.5 Å². The zero-order valence-electron chi connectivity index (χ0n) is 15.1. The van der Waals surface area contributed by atoms with Crippen LogP contribution in [0.2, 0.25) is 5.02 Å². The molecule has 4 aromatic rings. The van der Waals surface area contributed by atoms with Crippen molar-refractivity contribution in [2.75, 3.05) is 36.0 Å². The SMILES string of the molecule is Cc1ccc2[nH]c3c(N4CCN(c5cccc(Cl)c5)CC4)ncnc3c2c1. The second-order valence-electron chi connectivity index (χ2n) is 7.05. The van der Waals surface area contributed by atoms with Crippen molar-refractivity contribution >= 4 is 45.0 Å². The van der Waals surface area contributed by atoms with Gasteiger partial charge in [-0.1, -0.05) is 29.3 Å². The number of aromatic amines is 1. The fourth-order valence-corrected chi connectivity index (χ4v) is 4.07. The third-order valence-electron chi connectivity index (χ3n) is 5.27. The fraction of sp³-hybridized carbons (Fsp3) is 0.238. The highest BCUT2D eigenvalue weighted by molar-refractivity contribution is 6.30. The molecule has 1 fully saturated rings. The standard InChI is InChI=1S/C21H20ClN5/c1-14-5-6-18-17(11-14)19-20(25-18)21(24-13-23-19)27-9-7-26(8-10-27)16-4-2-3-15(22)12-16/h2-6,11-13,25H,7-10H2,1H3. The van der Waals surface area contributed by atoms with Gasteiger partial charge in [-0.3, -0.25) is 0 Å². The maximum atomic E-state index is 6.15. The summed E-state index contributed by atoms with van der Waals surface area (Å²) in [6.07, 6.45) is 1.68. The zero-order valence-corrected chi connectivity index (χ0v) is 15.9. The Morgan fingerprint density at radius 1 is 0.963 bits per heavy atom. The molecule has 3 heterocycles. The first-order valence-corrected chi connectivity index (χ1v) is 9.55. The Bertz CT molecular complexity index is 1130. The molecule has 5 nitrogen and oxygen atoms in total. The van der Waals surface area contributed by atoms with Crippen LogP contribution in [0.5, 0.6) is 0 Å².